The van der Waals surface area contributed by atoms with E-state index in [9.17, 15) is 4.39 Å². The molecule has 1 heterocycles. The van der Waals surface area contributed by atoms with Gasteiger partial charge in [0.25, 0.3) is 0 Å². The van der Waals surface area contributed by atoms with Crippen LogP contribution in [0.5, 0.6) is 0 Å². The van der Waals surface area contributed by atoms with E-state index in [1.165, 1.54) is 30.5 Å². The Morgan fingerprint density at radius 3 is 2.80 bits per heavy atom. The highest BCUT2D eigenvalue weighted by molar-refractivity contribution is 5.35. The third-order valence-electron chi connectivity index (χ3n) is 4.95. The van der Waals surface area contributed by atoms with Gasteiger partial charge in [-0.2, -0.15) is 0 Å². The van der Waals surface area contributed by atoms with Crippen LogP contribution in [0.1, 0.15) is 43.4 Å². The van der Waals surface area contributed by atoms with Crippen molar-refractivity contribution in [3.8, 4) is 0 Å². The Bertz CT molecular complexity index is 454. The van der Waals surface area contributed by atoms with Gasteiger partial charge in [0, 0.05) is 12.6 Å². The molecule has 2 nitrogen and oxygen atoms in total. The minimum atomic E-state index is -0.0918. The molecular formula is C17H25FN2. The number of piperidine rings is 1. The molecule has 110 valence electrons. The van der Waals surface area contributed by atoms with Crippen molar-refractivity contribution in [1.29, 1.82) is 0 Å². The molecule has 0 spiro atoms. The SMILES string of the molecule is CCN(CC1CCNCC1)C1CCc2cc(F)ccc21. The predicted molar refractivity (Wildman–Crippen MR) is 80.3 cm³/mol. The first-order chi connectivity index (χ1) is 9.78. The summed E-state index contributed by atoms with van der Waals surface area (Å²) >= 11 is 0. The maximum absolute atomic E-state index is 13.3. The molecule has 3 heteroatoms. The number of benzene rings is 1. The van der Waals surface area contributed by atoms with Crippen LogP contribution in [0.2, 0.25) is 0 Å². The van der Waals surface area contributed by atoms with E-state index in [1.807, 2.05) is 6.07 Å². The van der Waals surface area contributed by atoms with Crippen molar-refractivity contribution in [3.05, 3.63) is 35.1 Å². The number of hydrogen-bond acceptors (Lipinski definition) is 2. The average Bonchev–Trinajstić information content (AvgIpc) is 2.88. The fourth-order valence-corrected chi connectivity index (χ4v) is 3.82. The topological polar surface area (TPSA) is 15.3 Å². The minimum Gasteiger partial charge on any atom is -0.317 e. The zero-order valence-electron chi connectivity index (χ0n) is 12.4. The van der Waals surface area contributed by atoms with Crippen LogP contribution in [0.25, 0.3) is 0 Å². The second-order valence-corrected chi connectivity index (χ2v) is 6.18. The van der Waals surface area contributed by atoms with E-state index in [1.54, 1.807) is 12.1 Å². The molecule has 1 atom stereocenters. The first-order valence-corrected chi connectivity index (χ1v) is 8.01. The third-order valence-corrected chi connectivity index (χ3v) is 4.95. The lowest BCUT2D eigenvalue weighted by Crippen LogP contribution is -2.37. The third kappa shape index (κ3) is 2.89. The number of aryl methyl sites for hydroxylation is 1. The summed E-state index contributed by atoms with van der Waals surface area (Å²) in [6, 6.07) is 5.86. The molecule has 1 saturated heterocycles. The van der Waals surface area contributed by atoms with Gasteiger partial charge >= 0.3 is 0 Å². The monoisotopic (exact) mass is 276 g/mol. The molecule has 0 bridgehead atoms. The summed E-state index contributed by atoms with van der Waals surface area (Å²) in [6.45, 7) is 6.86. The maximum Gasteiger partial charge on any atom is 0.123 e. The maximum atomic E-state index is 13.3. The van der Waals surface area contributed by atoms with Crippen molar-refractivity contribution >= 4 is 0 Å². The molecule has 0 aromatic heterocycles. The molecule has 0 amide bonds. The summed E-state index contributed by atoms with van der Waals surface area (Å²) in [6.07, 6.45) is 4.76. The van der Waals surface area contributed by atoms with Crippen molar-refractivity contribution in [3.63, 3.8) is 0 Å². The van der Waals surface area contributed by atoms with Crippen LogP contribution in [0.15, 0.2) is 18.2 Å². The Labute approximate surface area is 121 Å². The van der Waals surface area contributed by atoms with Crippen LogP contribution < -0.4 is 5.32 Å². The van der Waals surface area contributed by atoms with Gasteiger partial charge in [-0.1, -0.05) is 13.0 Å². The fourth-order valence-electron chi connectivity index (χ4n) is 3.82. The van der Waals surface area contributed by atoms with Gasteiger partial charge in [-0.25, -0.2) is 4.39 Å². The van der Waals surface area contributed by atoms with E-state index in [0.717, 1.165) is 38.4 Å². The van der Waals surface area contributed by atoms with Crippen molar-refractivity contribution in [2.75, 3.05) is 26.2 Å². The Balaban J connectivity index is 1.71. The van der Waals surface area contributed by atoms with Gasteiger partial charge in [0.2, 0.25) is 0 Å². The first kappa shape index (κ1) is 14.0. The van der Waals surface area contributed by atoms with Crippen LogP contribution in [0, 0.1) is 11.7 Å². The lowest BCUT2D eigenvalue weighted by atomic mass is 9.96. The summed E-state index contributed by atoms with van der Waals surface area (Å²) in [5.74, 6) is 0.728. The van der Waals surface area contributed by atoms with Gasteiger partial charge in [0.1, 0.15) is 5.82 Å². The molecule has 2 aliphatic rings. The zero-order valence-corrected chi connectivity index (χ0v) is 12.4. The van der Waals surface area contributed by atoms with E-state index >= 15 is 0 Å². The fraction of sp³-hybridized carbons (Fsp3) is 0.647. The molecule has 1 aliphatic carbocycles. The molecule has 1 aromatic carbocycles. The molecule has 20 heavy (non-hydrogen) atoms. The van der Waals surface area contributed by atoms with Gasteiger partial charge in [-0.05, 0) is 74.5 Å². The first-order valence-electron chi connectivity index (χ1n) is 8.01. The van der Waals surface area contributed by atoms with Crippen LogP contribution in [0.4, 0.5) is 4.39 Å². The number of hydrogen-bond donors (Lipinski definition) is 1. The van der Waals surface area contributed by atoms with E-state index in [4.69, 9.17) is 0 Å². The molecular weight excluding hydrogens is 251 g/mol. The second-order valence-electron chi connectivity index (χ2n) is 6.18. The summed E-state index contributed by atoms with van der Waals surface area (Å²) in [7, 11) is 0. The molecule has 1 fully saturated rings. The van der Waals surface area contributed by atoms with Gasteiger partial charge in [-0.3, -0.25) is 4.90 Å². The Hall–Kier alpha value is -0.930. The van der Waals surface area contributed by atoms with E-state index in [2.05, 4.69) is 17.1 Å². The highest BCUT2D eigenvalue weighted by Gasteiger charge is 2.29. The van der Waals surface area contributed by atoms with Crippen molar-refractivity contribution in [2.24, 2.45) is 5.92 Å². The molecule has 0 saturated carbocycles. The number of halogens is 1. The smallest absolute Gasteiger partial charge is 0.123 e. The van der Waals surface area contributed by atoms with Crippen molar-refractivity contribution in [1.82, 2.24) is 10.2 Å². The minimum absolute atomic E-state index is 0.0918. The summed E-state index contributed by atoms with van der Waals surface area (Å²) in [5, 5.41) is 3.44. The number of nitrogens with one attached hydrogen (secondary N) is 1. The van der Waals surface area contributed by atoms with Gasteiger partial charge < -0.3 is 5.32 Å². The average molecular weight is 276 g/mol. The molecule has 3 rings (SSSR count). The quantitative estimate of drug-likeness (QED) is 0.909. The lowest BCUT2D eigenvalue weighted by molar-refractivity contribution is 0.158. The normalized spacial score (nSPS) is 23.2. The van der Waals surface area contributed by atoms with Crippen LogP contribution in [0.3, 0.4) is 0 Å². The van der Waals surface area contributed by atoms with Gasteiger partial charge in [0.15, 0.2) is 0 Å². The van der Waals surface area contributed by atoms with Crippen LogP contribution >= 0.6 is 0 Å². The van der Waals surface area contributed by atoms with E-state index in [0.29, 0.717) is 6.04 Å². The molecule has 1 unspecified atom stereocenters. The highest BCUT2D eigenvalue weighted by atomic mass is 19.1. The lowest BCUT2D eigenvalue weighted by Gasteiger charge is -2.33. The van der Waals surface area contributed by atoms with Crippen LogP contribution in [-0.4, -0.2) is 31.1 Å². The van der Waals surface area contributed by atoms with Crippen LogP contribution in [-0.2, 0) is 6.42 Å². The highest BCUT2D eigenvalue weighted by Crippen LogP contribution is 2.36. The molecule has 0 radical (unpaired) electrons. The Morgan fingerprint density at radius 1 is 1.25 bits per heavy atom. The van der Waals surface area contributed by atoms with E-state index < -0.39 is 0 Å². The summed E-state index contributed by atoms with van der Waals surface area (Å²) in [5.41, 5.74) is 2.58. The van der Waals surface area contributed by atoms with Gasteiger partial charge in [0.05, 0.1) is 0 Å². The molecule has 1 aliphatic heterocycles. The summed E-state index contributed by atoms with van der Waals surface area (Å²) < 4.78 is 13.3. The van der Waals surface area contributed by atoms with Gasteiger partial charge in [-0.15, -0.1) is 0 Å². The number of fused-ring (bicyclic) bond motifs is 1. The number of rotatable bonds is 4. The Kier molecular flexibility index (Phi) is 4.37. The Morgan fingerprint density at radius 2 is 2.05 bits per heavy atom. The summed E-state index contributed by atoms with van der Waals surface area (Å²) in [4.78, 5) is 2.61. The zero-order chi connectivity index (χ0) is 13.9. The predicted octanol–water partition coefficient (Wildman–Crippen LogP) is 3.13. The molecule has 1 aromatic rings. The standard InChI is InChI=1S/C17H25FN2/c1-2-20(12-13-7-9-19-10-8-13)17-6-3-14-11-15(18)4-5-16(14)17/h4-5,11,13,17,19H,2-3,6-10,12H2,1H3. The molecule has 1 N–H and O–H groups in total. The number of nitrogens with zero attached hydrogens (tertiary/aromatic N) is 1. The largest absolute Gasteiger partial charge is 0.317 e. The van der Waals surface area contributed by atoms with Crippen molar-refractivity contribution < 1.29 is 4.39 Å². The van der Waals surface area contributed by atoms with Crippen molar-refractivity contribution in [2.45, 2.75) is 38.6 Å². The second kappa shape index (κ2) is 6.23. The van der Waals surface area contributed by atoms with E-state index in [-0.39, 0.29) is 5.82 Å².